The summed E-state index contributed by atoms with van der Waals surface area (Å²) in [5, 5.41) is 9.72. The summed E-state index contributed by atoms with van der Waals surface area (Å²) in [5.74, 6) is 0.919. The van der Waals surface area contributed by atoms with Crippen LogP contribution in [0.5, 0.6) is 11.5 Å². The fourth-order valence-corrected chi connectivity index (χ4v) is 11.7. The third-order valence-corrected chi connectivity index (χ3v) is 15.8. The Labute approximate surface area is 382 Å². The van der Waals surface area contributed by atoms with Gasteiger partial charge in [0.05, 0.1) is 45.6 Å². The Balaban J connectivity index is 0.945. The van der Waals surface area contributed by atoms with Crippen LogP contribution < -0.4 is 20.6 Å². The molecule has 6 heterocycles. The number of nitrogens with zero attached hydrogens (tertiary/aromatic N) is 9. The molecule has 8 rings (SSSR count). The molecule has 0 aliphatic carbocycles. The summed E-state index contributed by atoms with van der Waals surface area (Å²) in [5.41, 5.74) is 2.98. The van der Waals surface area contributed by atoms with Crippen molar-refractivity contribution in [2.75, 3.05) is 65.6 Å². The minimum absolute atomic E-state index is 0.0128. The zero-order chi connectivity index (χ0) is 47.1. The topological polar surface area (TPSA) is 231 Å². The molecule has 352 valence electrons. The number of urea groups is 1. The van der Waals surface area contributed by atoms with Gasteiger partial charge in [0.25, 0.3) is 11.1 Å². The summed E-state index contributed by atoms with van der Waals surface area (Å²) in [7, 11) is -4.72. The van der Waals surface area contributed by atoms with E-state index in [9.17, 15) is 31.2 Å². The Morgan fingerprint density at radius 3 is 1.67 bits per heavy atom. The molecule has 22 heteroatoms. The Bertz CT molecular complexity index is 2950. The van der Waals surface area contributed by atoms with E-state index < -0.39 is 25.6 Å². The Morgan fingerprint density at radius 1 is 0.636 bits per heavy atom. The van der Waals surface area contributed by atoms with Crippen LogP contribution in [0.1, 0.15) is 51.9 Å². The van der Waals surface area contributed by atoms with Gasteiger partial charge < -0.3 is 29.2 Å². The summed E-state index contributed by atoms with van der Waals surface area (Å²) in [4.78, 5) is 54.0. The van der Waals surface area contributed by atoms with Gasteiger partial charge in [0.15, 0.2) is 5.52 Å². The molecule has 0 bridgehead atoms. The van der Waals surface area contributed by atoms with E-state index >= 15 is 0 Å². The number of fused-ring (bicyclic) bond motifs is 2. The maximum atomic E-state index is 14.1. The first kappa shape index (κ1) is 46.4. The van der Waals surface area contributed by atoms with Gasteiger partial charge in [-0.25, -0.2) is 26.6 Å². The minimum atomic E-state index is -4.07. The zero-order valence-corrected chi connectivity index (χ0v) is 39.6. The molecule has 2 aliphatic heterocycles. The van der Waals surface area contributed by atoms with Crippen molar-refractivity contribution >= 4 is 48.0 Å². The lowest BCUT2D eigenvalue weighted by molar-refractivity contribution is 0.119. The lowest BCUT2D eigenvalue weighted by Crippen LogP contribution is -2.57. The number of H-pyrrole nitrogens is 2. The van der Waals surface area contributed by atoms with E-state index in [0.29, 0.717) is 82.0 Å². The normalized spacial score (nSPS) is 15.5. The van der Waals surface area contributed by atoms with Gasteiger partial charge in [0.2, 0.25) is 20.0 Å². The highest BCUT2D eigenvalue weighted by Gasteiger charge is 2.36. The van der Waals surface area contributed by atoms with E-state index in [2.05, 4.69) is 20.2 Å². The highest BCUT2D eigenvalue weighted by atomic mass is 32.2. The molecule has 66 heavy (non-hydrogen) atoms. The van der Waals surface area contributed by atoms with E-state index in [1.54, 1.807) is 47.6 Å². The number of rotatable bonds is 14. The van der Waals surface area contributed by atoms with Gasteiger partial charge in [-0.1, -0.05) is 26.7 Å². The Hall–Kier alpha value is -6.10. The van der Waals surface area contributed by atoms with Crippen LogP contribution in [0.3, 0.4) is 0 Å². The quantitative estimate of drug-likeness (QED) is 0.159. The monoisotopic (exact) mass is 945 g/mol. The summed E-state index contributed by atoms with van der Waals surface area (Å²) in [6, 6.07) is 10.5. The third kappa shape index (κ3) is 8.57. The average Bonchev–Trinajstić information content (AvgIpc) is 3.80. The number of carbonyl (C=O) groups excluding carboxylic acids is 1. The molecular formula is C44H55N11O9S2. The van der Waals surface area contributed by atoms with Crippen LogP contribution in [0.2, 0.25) is 0 Å². The lowest BCUT2D eigenvalue weighted by atomic mass is 10.1. The molecular weight excluding hydrogens is 891 g/mol. The number of aryl methyl sites for hydroxylation is 4. The first-order valence-electron chi connectivity index (χ1n) is 22.2. The molecule has 0 saturated carbocycles. The third-order valence-electron chi connectivity index (χ3n) is 12.0. The summed E-state index contributed by atoms with van der Waals surface area (Å²) in [6.07, 6.45) is 2.89. The second-order valence-corrected chi connectivity index (χ2v) is 20.1. The number of ether oxygens (including phenoxy) is 2. The van der Waals surface area contributed by atoms with Crippen LogP contribution in [0.4, 0.5) is 4.79 Å². The standard InChI is InChI=1S/C44H55N11O9S2/c1-7-11-33-31-27-35(45-42(56)39(31)50(5)48-33)30-25-28(13-15-36(30)63-9-3)65(59,60)54-21-17-52(18-22-54)44(58)53-19-23-55(24-20-53)66(61,62)29-14-16-37(64-10-4)32(26-29)41-46-38-34(12-8-2)49-51(6)40(38)43(57)47-41/h13-16,25-27H,7-12,17-24H2,1-6H3,(H,45,56)(H,46,47,57). The molecule has 20 nitrogen and oxygen atoms in total. The fraction of sp³-hybridized carbons (Fsp3) is 0.455. The van der Waals surface area contributed by atoms with Crippen LogP contribution in [-0.2, 0) is 47.0 Å². The van der Waals surface area contributed by atoms with Crippen molar-refractivity contribution in [3.8, 4) is 34.1 Å². The molecule has 2 amide bonds. The number of sulfonamides is 2. The van der Waals surface area contributed by atoms with Crippen LogP contribution in [-0.4, -0.2) is 141 Å². The van der Waals surface area contributed by atoms with Gasteiger partial charge in [0.1, 0.15) is 28.4 Å². The molecule has 0 radical (unpaired) electrons. The number of hydrogen-bond acceptors (Lipinski definition) is 12. The number of hydrogen-bond donors (Lipinski definition) is 2. The van der Waals surface area contributed by atoms with Gasteiger partial charge >= 0.3 is 6.03 Å². The molecule has 2 fully saturated rings. The molecule has 4 aromatic heterocycles. The molecule has 0 atom stereocenters. The number of aromatic nitrogens is 7. The van der Waals surface area contributed by atoms with Crippen molar-refractivity contribution in [2.45, 2.75) is 63.2 Å². The van der Waals surface area contributed by atoms with Crippen molar-refractivity contribution in [1.29, 1.82) is 0 Å². The van der Waals surface area contributed by atoms with Crippen molar-refractivity contribution < 1.29 is 31.1 Å². The van der Waals surface area contributed by atoms with Crippen molar-refractivity contribution in [3.05, 3.63) is 74.6 Å². The van der Waals surface area contributed by atoms with Crippen LogP contribution in [0, 0.1) is 0 Å². The average molecular weight is 946 g/mol. The largest absolute Gasteiger partial charge is 0.493 e. The van der Waals surface area contributed by atoms with E-state index in [1.807, 2.05) is 26.8 Å². The highest BCUT2D eigenvalue weighted by Crippen LogP contribution is 2.35. The number of pyridine rings is 1. The number of piperazine rings is 2. The molecule has 0 spiro atoms. The SMILES string of the molecule is CCCc1nn(C)c2c(=O)[nH]c(-c3cc(S(=O)(=O)N4CCN(C(=O)N5CCN(S(=O)(=O)c6ccc(OCC)c(-c7nc8c(CCC)nn(C)c8c(=O)[nH]7)c6)CC5)CC4)ccc3OCC)cc12. The maximum Gasteiger partial charge on any atom is 0.320 e. The number of amides is 2. The molecule has 2 N–H and O–H groups in total. The van der Waals surface area contributed by atoms with Crippen molar-refractivity contribution in [1.82, 2.24) is 52.9 Å². The zero-order valence-electron chi connectivity index (χ0n) is 38.0. The van der Waals surface area contributed by atoms with Crippen LogP contribution in [0.15, 0.2) is 61.8 Å². The van der Waals surface area contributed by atoms with Gasteiger partial charge in [-0.15, -0.1) is 0 Å². The predicted molar refractivity (Wildman–Crippen MR) is 248 cm³/mol. The highest BCUT2D eigenvalue weighted by molar-refractivity contribution is 7.89. The first-order valence-corrected chi connectivity index (χ1v) is 25.1. The second kappa shape index (κ2) is 18.6. The predicted octanol–water partition coefficient (Wildman–Crippen LogP) is 3.70. The first-order chi connectivity index (χ1) is 31.6. The summed E-state index contributed by atoms with van der Waals surface area (Å²) in [6.45, 7) is 8.89. The maximum absolute atomic E-state index is 14.1. The lowest BCUT2D eigenvalue weighted by Gasteiger charge is -2.40. The smallest absolute Gasteiger partial charge is 0.320 e. The molecule has 0 unspecified atom stereocenters. The van der Waals surface area contributed by atoms with Gasteiger partial charge in [-0.2, -0.15) is 18.8 Å². The van der Waals surface area contributed by atoms with Crippen molar-refractivity contribution in [2.24, 2.45) is 14.1 Å². The number of aromatic amines is 2. The van der Waals surface area contributed by atoms with E-state index in [-0.39, 0.29) is 79.6 Å². The molecule has 2 aromatic carbocycles. The number of benzene rings is 2. The molecule has 2 aliphatic rings. The van der Waals surface area contributed by atoms with Gasteiger partial charge in [-0.3, -0.25) is 19.0 Å². The Kier molecular flexibility index (Phi) is 13.1. The van der Waals surface area contributed by atoms with Gasteiger partial charge in [0, 0.05) is 77.4 Å². The summed E-state index contributed by atoms with van der Waals surface area (Å²) < 4.78 is 74.0. The van der Waals surface area contributed by atoms with Crippen LogP contribution >= 0.6 is 0 Å². The van der Waals surface area contributed by atoms with E-state index in [4.69, 9.17) is 14.5 Å². The molecule has 2 saturated heterocycles. The second-order valence-electron chi connectivity index (χ2n) is 16.3. The van der Waals surface area contributed by atoms with Gasteiger partial charge in [-0.05, 0) is 69.2 Å². The summed E-state index contributed by atoms with van der Waals surface area (Å²) >= 11 is 0. The van der Waals surface area contributed by atoms with E-state index in [0.717, 1.165) is 18.5 Å². The number of carbonyl (C=O) groups is 1. The molecule has 6 aromatic rings. The fourth-order valence-electron chi connectivity index (χ4n) is 8.76. The van der Waals surface area contributed by atoms with Crippen LogP contribution in [0.25, 0.3) is 44.6 Å². The minimum Gasteiger partial charge on any atom is -0.493 e. The van der Waals surface area contributed by atoms with Crippen molar-refractivity contribution in [3.63, 3.8) is 0 Å². The Morgan fingerprint density at radius 2 is 1.12 bits per heavy atom. The number of nitrogens with one attached hydrogen (secondary N) is 2. The van der Waals surface area contributed by atoms with E-state index in [1.165, 1.54) is 37.6 Å².